The zero-order valence-corrected chi connectivity index (χ0v) is 20.0. The van der Waals surface area contributed by atoms with E-state index >= 15 is 0 Å². The van der Waals surface area contributed by atoms with Crippen LogP contribution >= 0.6 is 0 Å². The molecule has 2 aromatic carbocycles. The molecule has 9 heteroatoms. The topological polar surface area (TPSA) is 49.9 Å². The molecule has 0 bridgehead atoms. The Hall–Kier alpha value is -3.10. The first-order valence-electron chi connectivity index (χ1n) is 12.3. The third-order valence-electron chi connectivity index (χ3n) is 7.16. The smallest absolute Gasteiger partial charge is 0.416 e. The number of rotatable bonds is 6. The Morgan fingerprint density at radius 1 is 0.833 bits per heavy atom. The van der Waals surface area contributed by atoms with Crippen LogP contribution in [-0.2, 0) is 11.0 Å². The number of ether oxygens (including phenoxy) is 1. The molecule has 0 N–H and O–H groups in total. The third kappa shape index (κ3) is 6.36. The lowest BCUT2D eigenvalue weighted by atomic mass is 9.75. The number of hydrogen-bond donors (Lipinski definition) is 0. The van der Waals surface area contributed by atoms with Crippen molar-refractivity contribution in [2.24, 2.45) is 5.41 Å². The Morgan fingerprint density at radius 3 is 2.03 bits per heavy atom. The normalized spacial score (nSPS) is 18.1. The average molecular weight is 507 g/mol. The maximum atomic E-state index is 13.3. The molecule has 194 valence electrons. The predicted octanol–water partition coefficient (Wildman–Crippen LogP) is 5.55. The van der Waals surface area contributed by atoms with Gasteiger partial charge in [0.15, 0.2) is 0 Å². The van der Waals surface area contributed by atoms with Crippen molar-refractivity contribution in [2.75, 3.05) is 32.8 Å². The molecule has 2 aromatic rings. The summed E-state index contributed by atoms with van der Waals surface area (Å²) >= 11 is 0. The zero-order valence-electron chi connectivity index (χ0n) is 20.0. The Morgan fingerprint density at radius 2 is 1.44 bits per heavy atom. The fourth-order valence-corrected chi connectivity index (χ4v) is 4.88. The maximum absolute atomic E-state index is 13.3. The van der Waals surface area contributed by atoms with Crippen molar-refractivity contribution in [3.05, 3.63) is 65.5 Å². The summed E-state index contributed by atoms with van der Waals surface area (Å²) in [4.78, 5) is 29.6. The van der Waals surface area contributed by atoms with Gasteiger partial charge >= 0.3 is 6.18 Å². The van der Waals surface area contributed by atoms with E-state index in [1.54, 1.807) is 17.0 Å². The quantitative estimate of drug-likeness (QED) is 0.483. The molecular formula is C27H30F4N2O3. The van der Waals surface area contributed by atoms with Crippen molar-refractivity contribution in [1.29, 1.82) is 0 Å². The highest BCUT2D eigenvalue weighted by atomic mass is 19.4. The third-order valence-corrected chi connectivity index (χ3v) is 7.16. The standard InChI is InChI=1S/C27H30F4N2O3/c28-22-8-10-23(11-9-22)36-19-26(18-24(34)32-14-2-1-3-15-32)12-16-33(17-13-26)25(35)20-4-6-21(7-5-20)27(29,30)31/h4-11H,1-3,12-19H2. The van der Waals surface area contributed by atoms with Gasteiger partial charge in [0.25, 0.3) is 5.91 Å². The van der Waals surface area contributed by atoms with Gasteiger partial charge in [0.2, 0.25) is 5.91 Å². The van der Waals surface area contributed by atoms with Crippen LogP contribution in [0.3, 0.4) is 0 Å². The number of halogens is 4. The van der Waals surface area contributed by atoms with Gasteiger partial charge in [-0.15, -0.1) is 0 Å². The van der Waals surface area contributed by atoms with Crippen molar-refractivity contribution in [2.45, 2.75) is 44.7 Å². The second-order valence-electron chi connectivity index (χ2n) is 9.73. The van der Waals surface area contributed by atoms with Gasteiger partial charge in [0.1, 0.15) is 11.6 Å². The number of nitrogens with zero attached hydrogens (tertiary/aromatic N) is 2. The van der Waals surface area contributed by atoms with Gasteiger partial charge in [-0.2, -0.15) is 13.2 Å². The molecule has 0 spiro atoms. The number of benzene rings is 2. The minimum absolute atomic E-state index is 0.0694. The number of hydrogen-bond acceptors (Lipinski definition) is 3. The van der Waals surface area contributed by atoms with Crippen molar-refractivity contribution < 1.29 is 31.9 Å². The summed E-state index contributed by atoms with van der Waals surface area (Å²) < 4.78 is 57.8. The molecule has 2 fully saturated rings. The number of alkyl halides is 3. The molecule has 4 rings (SSSR count). The number of amides is 2. The minimum Gasteiger partial charge on any atom is -0.493 e. The lowest BCUT2D eigenvalue weighted by Crippen LogP contribution is -2.48. The van der Waals surface area contributed by atoms with Crippen LogP contribution < -0.4 is 4.74 Å². The van der Waals surface area contributed by atoms with Crippen molar-refractivity contribution in [1.82, 2.24) is 9.80 Å². The van der Waals surface area contributed by atoms with Crippen LogP contribution in [-0.4, -0.2) is 54.4 Å². The largest absolute Gasteiger partial charge is 0.493 e. The number of likely N-dealkylation sites (tertiary alicyclic amines) is 2. The van der Waals surface area contributed by atoms with Gasteiger partial charge in [-0.1, -0.05) is 0 Å². The SMILES string of the molecule is O=C(CC1(COc2ccc(F)cc2)CCN(C(=O)c2ccc(C(F)(F)F)cc2)CC1)N1CCCCC1. The van der Waals surface area contributed by atoms with E-state index in [-0.39, 0.29) is 36.2 Å². The molecule has 0 saturated carbocycles. The van der Waals surface area contributed by atoms with Crippen molar-refractivity contribution in [3.8, 4) is 5.75 Å². The Kier molecular flexibility index (Phi) is 7.85. The molecule has 36 heavy (non-hydrogen) atoms. The van der Waals surface area contributed by atoms with Crippen LogP contribution in [0, 0.1) is 11.2 Å². The van der Waals surface area contributed by atoms with Crippen molar-refractivity contribution >= 4 is 11.8 Å². The van der Waals surface area contributed by atoms with Gasteiger partial charge in [0.05, 0.1) is 12.2 Å². The second kappa shape index (κ2) is 10.9. The average Bonchev–Trinajstić information content (AvgIpc) is 2.88. The van der Waals surface area contributed by atoms with E-state index in [1.165, 1.54) is 24.3 Å². The molecule has 0 aliphatic carbocycles. The maximum Gasteiger partial charge on any atom is 0.416 e. The van der Waals surface area contributed by atoms with Crippen molar-refractivity contribution in [3.63, 3.8) is 0 Å². The lowest BCUT2D eigenvalue weighted by molar-refractivity contribution is -0.138. The van der Waals surface area contributed by atoms with E-state index in [1.807, 2.05) is 4.90 Å². The molecular weight excluding hydrogens is 476 g/mol. The summed E-state index contributed by atoms with van der Waals surface area (Å²) in [7, 11) is 0. The lowest BCUT2D eigenvalue weighted by Gasteiger charge is -2.42. The van der Waals surface area contributed by atoms with E-state index in [9.17, 15) is 27.2 Å². The van der Waals surface area contributed by atoms with E-state index in [2.05, 4.69) is 0 Å². The van der Waals surface area contributed by atoms with E-state index in [0.717, 1.165) is 44.5 Å². The fourth-order valence-electron chi connectivity index (χ4n) is 4.88. The van der Waals surface area contributed by atoms with Crippen LogP contribution in [0.4, 0.5) is 17.6 Å². The van der Waals surface area contributed by atoms with Gasteiger partial charge in [0, 0.05) is 43.6 Å². The summed E-state index contributed by atoms with van der Waals surface area (Å²) in [5.74, 6) is -0.129. The summed E-state index contributed by atoms with van der Waals surface area (Å²) in [5.41, 5.74) is -1.10. The highest BCUT2D eigenvalue weighted by Gasteiger charge is 2.40. The molecule has 0 aromatic heterocycles. The molecule has 2 aliphatic rings. The molecule has 2 saturated heterocycles. The van der Waals surface area contributed by atoms with Crippen LogP contribution in [0.5, 0.6) is 5.75 Å². The number of piperidine rings is 2. The summed E-state index contributed by atoms with van der Waals surface area (Å²) in [6, 6.07) is 9.93. The van der Waals surface area contributed by atoms with Crippen LogP contribution in [0.1, 0.15) is 54.4 Å². The molecule has 2 heterocycles. The van der Waals surface area contributed by atoms with Crippen LogP contribution in [0.25, 0.3) is 0 Å². The fraction of sp³-hybridized carbons (Fsp3) is 0.481. The first-order valence-corrected chi connectivity index (χ1v) is 12.3. The molecule has 0 unspecified atom stereocenters. The van der Waals surface area contributed by atoms with E-state index in [0.29, 0.717) is 31.7 Å². The van der Waals surface area contributed by atoms with Crippen LogP contribution in [0.2, 0.25) is 0 Å². The zero-order chi connectivity index (χ0) is 25.8. The van der Waals surface area contributed by atoms with Gasteiger partial charge in [-0.25, -0.2) is 4.39 Å². The van der Waals surface area contributed by atoms with Gasteiger partial charge in [-0.3, -0.25) is 9.59 Å². The summed E-state index contributed by atoms with van der Waals surface area (Å²) in [6.45, 7) is 2.46. The molecule has 0 radical (unpaired) electrons. The molecule has 2 amide bonds. The highest BCUT2D eigenvalue weighted by molar-refractivity contribution is 5.94. The van der Waals surface area contributed by atoms with E-state index in [4.69, 9.17) is 4.74 Å². The second-order valence-corrected chi connectivity index (χ2v) is 9.73. The molecule has 5 nitrogen and oxygen atoms in total. The molecule has 2 aliphatic heterocycles. The van der Waals surface area contributed by atoms with Crippen LogP contribution in [0.15, 0.2) is 48.5 Å². The first kappa shape index (κ1) is 26.0. The van der Waals surface area contributed by atoms with E-state index < -0.39 is 17.2 Å². The Balaban J connectivity index is 1.44. The predicted molar refractivity (Wildman–Crippen MR) is 126 cm³/mol. The first-order chi connectivity index (χ1) is 17.2. The van der Waals surface area contributed by atoms with Gasteiger partial charge in [-0.05, 0) is 80.6 Å². The Bertz CT molecular complexity index is 1040. The number of carbonyl (C=O) groups is 2. The number of carbonyl (C=O) groups excluding carboxylic acids is 2. The highest BCUT2D eigenvalue weighted by Crippen LogP contribution is 2.37. The minimum atomic E-state index is -4.46. The summed E-state index contributed by atoms with van der Waals surface area (Å²) in [5, 5.41) is 0. The van der Waals surface area contributed by atoms with Gasteiger partial charge < -0.3 is 14.5 Å². The monoisotopic (exact) mass is 506 g/mol. The molecule has 0 atom stereocenters. The summed E-state index contributed by atoms with van der Waals surface area (Å²) in [6.07, 6.45) is -0.0569. The Labute approximate surface area is 208 Å².